The van der Waals surface area contributed by atoms with E-state index in [0.29, 0.717) is 15.9 Å². The minimum atomic E-state index is -1.56. The quantitative estimate of drug-likeness (QED) is 0.778. The summed E-state index contributed by atoms with van der Waals surface area (Å²) >= 11 is 5.83. The van der Waals surface area contributed by atoms with Crippen molar-refractivity contribution >= 4 is 39.3 Å². The van der Waals surface area contributed by atoms with Crippen LogP contribution in [0.5, 0.6) is 0 Å². The zero-order valence-corrected chi connectivity index (χ0v) is 13.5. The third-order valence-electron chi connectivity index (χ3n) is 3.35. The lowest BCUT2D eigenvalue weighted by Gasteiger charge is -2.08. The van der Waals surface area contributed by atoms with E-state index in [4.69, 9.17) is 11.6 Å². The van der Waals surface area contributed by atoms with Gasteiger partial charge in [0.05, 0.1) is 27.6 Å². The van der Waals surface area contributed by atoms with Crippen LogP contribution >= 0.6 is 11.6 Å². The molecule has 0 aliphatic heterocycles. The average Bonchev–Trinajstić information content (AvgIpc) is 2.55. The third kappa shape index (κ3) is 3.41. The second-order valence-electron chi connectivity index (χ2n) is 4.96. The maximum Gasteiger partial charge on any atom is 0.338 e. The lowest BCUT2D eigenvalue weighted by atomic mass is 10.1. The smallest absolute Gasteiger partial charge is 0.338 e. The summed E-state index contributed by atoms with van der Waals surface area (Å²) < 4.78 is 12.6. The summed E-state index contributed by atoms with van der Waals surface area (Å²) in [5.74, 6) is -0.953. The van der Waals surface area contributed by atoms with Crippen LogP contribution in [-0.4, -0.2) is 20.3 Å². The van der Waals surface area contributed by atoms with Crippen molar-refractivity contribution in [3.8, 4) is 0 Å². The van der Waals surface area contributed by atoms with Crippen molar-refractivity contribution in [1.82, 2.24) is 4.98 Å². The lowest BCUT2D eigenvalue weighted by Crippen LogP contribution is -2.08. The molecule has 0 aliphatic carbocycles. The molecule has 0 aliphatic rings. The normalized spacial score (nSPS) is 12.2. The van der Waals surface area contributed by atoms with Crippen molar-refractivity contribution < 1.29 is 14.1 Å². The fraction of sp³-hybridized carbons (Fsp3) is 0.0588. The summed E-state index contributed by atoms with van der Waals surface area (Å²) in [4.78, 5) is 15.8. The second-order valence-corrected chi connectivity index (χ2v) is 6.76. The molecule has 0 saturated carbocycles. The summed E-state index contributed by atoms with van der Waals surface area (Å²) in [6.45, 7) is 0. The van der Waals surface area contributed by atoms with Crippen LogP contribution in [0.15, 0.2) is 59.6 Å². The molecule has 1 unspecified atom stereocenters. The van der Waals surface area contributed by atoms with Crippen LogP contribution in [0.2, 0.25) is 5.02 Å². The molecule has 6 heteroatoms. The van der Waals surface area contributed by atoms with Crippen LogP contribution in [0.3, 0.4) is 0 Å². The number of carbonyl (C=O) groups is 1. The lowest BCUT2D eigenvalue weighted by molar-refractivity contribution is 0.0692. The third-order valence-corrected chi connectivity index (χ3v) is 4.94. The molecular weight excluding hydrogens is 334 g/mol. The van der Waals surface area contributed by atoms with Gasteiger partial charge in [0.25, 0.3) is 0 Å². The molecular formula is C17H12ClNO3S. The topological polar surface area (TPSA) is 67.3 Å². The molecule has 4 nitrogen and oxygen atoms in total. The minimum Gasteiger partial charge on any atom is -0.478 e. The maximum atomic E-state index is 12.6. The fourth-order valence-electron chi connectivity index (χ4n) is 2.23. The molecule has 1 N–H and O–H groups in total. The van der Waals surface area contributed by atoms with E-state index >= 15 is 0 Å². The van der Waals surface area contributed by atoms with E-state index in [1.165, 1.54) is 6.07 Å². The second kappa shape index (κ2) is 6.48. The van der Waals surface area contributed by atoms with Crippen LogP contribution in [-0.2, 0) is 16.6 Å². The molecule has 3 aromatic rings. The van der Waals surface area contributed by atoms with Crippen LogP contribution in [0.25, 0.3) is 10.9 Å². The Labute approximate surface area is 140 Å². The Balaban J connectivity index is 2.02. The predicted molar refractivity (Wildman–Crippen MR) is 90.3 cm³/mol. The van der Waals surface area contributed by atoms with Crippen LogP contribution in [0.4, 0.5) is 0 Å². The Kier molecular flexibility index (Phi) is 4.41. The molecule has 1 aromatic heterocycles. The number of aromatic nitrogens is 1. The molecule has 2 aromatic carbocycles. The minimum absolute atomic E-state index is 0.0315. The molecule has 0 bridgehead atoms. The van der Waals surface area contributed by atoms with Crippen molar-refractivity contribution in [2.24, 2.45) is 0 Å². The highest BCUT2D eigenvalue weighted by Crippen LogP contribution is 2.21. The monoisotopic (exact) mass is 345 g/mol. The first-order valence-electron chi connectivity index (χ1n) is 6.80. The van der Waals surface area contributed by atoms with Gasteiger partial charge in [-0.2, -0.15) is 0 Å². The van der Waals surface area contributed by atoms with Crippen molar-refractivity contribution in [3.63, 3.8) is 0 Å². The van der Waals surface area contributed by atoms with Gasteiger partial charge in [-0.05, 0) is 29.8 Å². The van der Waals surface area contributed by atoms with Gasteiger partial charge in [0, 0.05) is 10.4 Å². The molecule has 0 spiro atoms. The number of carboxylic acids is 1. The first-order valence-corrected chi connectivity index (χ1v) is 8.50. The predicted octanol–water partition coefficient (Wildman–Crippen LogP) is 3.89. The van der Waals surface area contributed by atoms with Gasteiger partial charge in [-0.15, -0.1) is 0 Å². The zero-order valence-electron chi connectivity index (χ0n) is 11.9. The van der Waals surface area contributed by atoms with Gasteiger partial charge in [-0.3, -0.25) is 4.21 Å². The molecule has 1 atom stereocenters. The van der Waals surface area contributed by atoms with Gasteiger partial charge >= 0.3 is 5.97 Å². The van der Waals surface area contributed by atoms with Crippen LogP contribution in [0.1, 0.15) is 15.9 Å². The molecule has 23 heavy (non-hydrogen) atoms. The van der Waals surface area contributed by atoms with E-state index in [-0.39, 0.29) is 16.3 Å². The summed E-state index contributed by atoms with van der Waals surface area (Å²) in [6.07, 6.45) is 0. The van der Waals surface area contributed by atoms with Gasteiger partial charge in [-0.25, -0.2) is 9.78 Å². The average molecular weight is 346 g/mol. The summed E-state index contributed by atoms with van der Waals surface area (Å²) in [5, 5.41) is 10.8. The Morgan fingerprint density at radius 3 is 2.52 bits per heavy atom. The highest BCUT2D eigenvalue weighted by atomic mass is 35.5. The highest BCUT2D eigenvalue weighted by molar-refractivity contribution is 7.84. The number of hydrogen-bond acceptors (Lipinski definition) is 3. The van der Waals surface area contributed by atoms with Crippen molar-refractivity contribution in [1.29, 1.82) is 0 Å². The summed E-state index contributed by atoms with van der Waals surface area (Å²) in [5.41, 5.74) is 1.40. The maximum absolute atomic E-state index is 12.6. The van der Waals surface area contributed by atoms with Crippen molar-refractivity contribution in [2.45, 2.75) is 10.8 Å². The number of nitrogens with zero attached hydrogens (tertiary/aromatic N) is 1. The number of halogens is 1. The Bertz CT molecular complexity index is 909. The highest BCUT2D eigenvalue weighted by Gasteiger charge is 2.18. The van der Waals surface area contributed by atoms with E-state index in [9.17, 15) is 14.1 Å². The molecule has 0 fully saturated rings. The Morgan fingerprint density at radius 2 is 1.83 bits per heavy atom. The number of carboxylic acid groups (broad SMARTS) is 1. The molecule has 1 heterocycles. The number of pyridine rings is 1. The molecule has 0 radical (unpaired) electrons. The van der Waals surface area contributed by atoms with Crippen molar-refractivity contribution in [3.05, 3.63) is 70.7 Å². The first-order chi connectivity index (χ1) is 11.0. The van der Waals surface area contributed by atoms with E-state index < -0.39 is 16.8 Å². The Morgan fingerprint density at radius 1 is 1.13 bits per heavy atom. The van der Waals surface area contributed by atoms with Gasteiger partial charge < -0.3 is 5.11 Å². The number of hydrogen-bond donors (Lipinski definition) is 1. The number of rotatable bonds is 4. The molecule has 0 amide bonds. The molecule has 116 valence electrons. The number of aromatic carboxylic acids is 1. The largest absolute Gasteiger partial charge is 0.478 e. The van der Waals surface area contributed by atoms with Gasteiger partial charge in [0.1, 0.15) is 5.03 Å². The zero-order chi connectivity index (χ0) is 16.4. The number of fused-ring (bicyclic) bond motifs is 1. The SMILES string of the molecule is O=C(O)c1cc2ccccc2nc1S(=O)Cc1ccc(Cl)cc1. The van der Waals surface area contributed by atoms with E-state index in [2.05, 4.69) is 4.98 Å². The van der Waals surface area contributed by atoms with E-state index in [1.54, 1.807) is 42.5 Å². The van der Waals surface area contributed by atoms with Crippen LogP contribution in [0, 0.1) is 0 Å². The van der Waals surface area contributed by atoms with E-state index in [1.807, 2.05) is 6.07 Å². The standard InChI is InChI=1S/C17H12ClNO3S/c18-13-7-5-11(6-8-13)10-23(22)16-14(17(20)21)9-12-3-1-2-4-15(12)19-16/h1-9H,10H2,(H,20,21). The van der Waals surface area contributed by atoms with Gasteiger partial charge in [0.15, 0.2) is 0 Å². The van der Waals surface area contributed by atoms with E-state index in [0.717, 1.165) is 5.56 Å². The first kappa shape index (κ1) is 15.6. The van der Waals surface area contributed by atoms with Crippen molar-refractivity contribution in [2.75, 3.05) is 0 Å². The van der Waals surface area contributed by atoms with Gasteiger partial charge in [-0.1, -0.05) is 41.9 Å². The summed E-state index contributed by atoms with van der Waals surface area (Å²) in [6, 6.07) is 15.6. The Hall–Kier alpha value is -2.24. The summed E-state index contributed by atoms with van der Waals surface area (Å²) in [7, 11) is -1.56. The van der Waals surface area contributed by atoms with Crippen LogP contribution < -0.4 is 0 Å². The molecule has 0 saturated heterocycles. The molecule has 3 rings (SSSR count). The van der Waals surface area contributed by atoms with Gasteiger partial charge in [0.2, 0.25) is 0 Å². The fourth-order valence-corrected chi connectivity index (χ4v) is 3.57. The number of para-hydroxylation sites is 1. The number of benzene rings is 2.